The molecule has 0 spiro atoms. The van der Waals surface area contributed by atoms with E-state index in [1.54, 1.807) is 7.05 Å². The lowest BCUT2D eigenvalue weighted by atomic mass is 10.2. The van der Waals surface area contributed by atoms with E-state index in [0.717, 1.165) is 0 Å². The van der Waals surface area contributed by atoms with Crippen LogP contribution in [-0.2, 0) is 0 Å². The summed E-state index contributed by atoms with van der Waals surface area (Å²) in [5.41, 5.74) is 0.395. The highest BCUT2D eigenvalue weighted by atomic mass is 35.5. The fraction of sp³-hybridized carbons (Fsp3) is 0.417. The maximum absolute atomic E-state index is 12.0. The second-order valence-electron chi connectivity index (χ2n) is 3.78. The molecule has 0 aliphatic rings. The number of benzene rings is 1. The summed E-state index contributed by atoms with van der Waals surface area (Å²) in [5, 5.41) is 9.32. The second kappa shape index (κ2) is 6.83. The molecule has 0 aliphatic heterocycles. The van der Waals surface area contributed by atoms with Crippen molar-refractivity contribution in [2.45, 2.75) is 6.42 Å². The summed E-state index contributed by atoms with van der Waals surface area (Å²) in [7, 11) is 3.12. The highest BCUT2D eigenvalue weighted by Crippen LogP contribution is 2.34. The Morgan fingerprint density at radius 1 is 1.39 bits per heavy atom. The Labute approximate surface area is 116 Å². The van der Waals surface area contributed by atoms with Gasteiger partial charge in [0.1, 0.15) is 0 Å². The summed E-state index contributed by atoms with van der Waals surface area (Å²) in [6.07, 6.45) is 0.528. The number of amides is 1. The molecular weight excluding hydrogens is 277 g/mol. The van der Waals surface area contributed by atoms with E-state index >= 15 is 0 Å². The van der Waals surface area contributed by atoms with Crippen molar-refractivity contribution < 1.29 is 14.6 Å². The fourth-order valence-corrected chi connectivity index (χ4v) is 2.15. The van der Waals surface area contributed by atoms with Crippen LogP contribution >= 0.6 is 23.2 Å². The summed E-state index contributed by atoms with van der Waals surface area (Å²) in [6, 6.07) is 3.04. The molecule has 1 rings (SSSR count). The number of rotatable bonds is 5. The van der Waals surface area contributed by atoms with E-state index in [9.17, 15) is 4.79 Å². The van der Waals surface area contributed by atoms with E-state index in [0.29, 0.717) is 34.3 Å². The number of carbonyl (C=O) groups is 1. The Morgan fingerprint density at radius 3 is 2.39 bits per heavy atom. The smallest absolute Gasteiger partial charge is 0.253 e. The average Bonchev–Trinajstić information content (AvgIpc) is 2.34. The normalized spacial score (nSPS) is 10.3. The number of aliphatic hydroxyl groups is 1. The van der Waals surface area contributed by atoms with Crippen LogP contribution < -0.4 is 4.74 Å². The number of nitrogens with zero attached hydrogens (tertiary/aromatic N) is 1. The van der Waals surface area contributed by atoms with Gasteiger partial charge in [-0.05, 0) is 18.6 Å². The standard InChI is InChI=1S/C12H15Cl2NO3/c1-15(4-3-5-16)12(17)8-6-9(13)11(18-2)10(14)7-8/h6-7,16H,3-5H2,1-2H3. The maximum atomic E-state index is 12.0. The van der Waals surface area contributed by atoms with Gasteiger partial charge in [0.2, 0.25) is 0 Å². The van der Waals surface area contributed by atoms with Gasteiger partial charge in [0.15, 0.2) is 5.75 Å². The Morgan fingerprint density at radius 2 is 1.94 bits per heavy atom. The van der Waals surface area contributed by atoms with Gasteiger partial charge < -0.3 is 14.7 Å². The van der Waals surface area contributed by atoms with E-state index in [2.05, 4.69) is 0 Å². The quantitative estimate of drug-likeness (QED) is 0.907. The van der Waals surface area contributed by atoms with Crippen LogP contribution in [0.5, 0.6) is 5.75 Å². The van der Waals surface area contributed by atoms with Crippen molar-refractivity contribution in [3.05, 3.63) is 27.7 Å². The van der Waals surface area contributed by atoms with E-state index in [4.69, 9.17) is 33.0 Å². The molecule has 4 nitrogen and oxygen atoms in total. The van der Waals surface area contributed by atoms with Crippen LogP contribution in [0.3, 0.4) is 0 Å². The number of carbonyl (C=O) groups excluding carboxylic acids is 1. The number of halogens is 2. The SMILES string of the molecule is COc1c(Cl)cc(C(=O)N(C)CCCO)cc1Cl. The Kier molecular flexibility index (Phi) is 5.72. The van der Waals surface area contributed by atoms with Crippen LogP contribution in [0.25, 0.3) is 0 Å². The molecule has 0 aromatic heterocycles. The molecule has 0 heterocycles. The maximum Gasteiger partial charge on any atom is 0.253 e. The predicted molar refractivity (Wildman–Crippen MR) is 71.7 cm³/mol. The first-order chi connectivity index (χ1) is 8.51. The number of hydrogen-bond acceptors (Lipinski definition) is 3. The van der Waals surface area contributed by atoms with E-state index in [-0.39, 0.29) is 12.5 Å². The van der Waals surface area contributed by atoms with Crippen molar-refractivity contribution in [2.24, 2.45) is 0 Å². The van der Waals surface area contributed by atoms with E-state index < -0.39 is 0 Å². The van der Waals surface area contributed by atoms with Crippen molar-refractivity contribution in [2.75, 3.05) is 27.3 Å². The van der Waals surface area contributed by atoms with Gasteiger partial charge in [0.05, 0.1) is 17.2 Å². The molecule has 0 fully saturated rings. The molecule has 0 unspecified atom stereocenters. The van der Waals surface area contributed by atoms with Crippen LogP contribution in [0.4, 0.5) is 0 Å². The minimum Gasteiger partial charge on any atom is -0.494 e. The molecule has 100 valence electrons. The zero-order valence-electron chi connectivity index (χ0n) is 10.2. The molecule has 0 saturated carbocycles. The predicted octanol–water partition coefficient (Wildman–Crippen LogP) is 2.46. The molecule has 1 aromatic rings. The van der Waals surface area contributed by atoms with Gasteiger partial charge in [0, 0.05) is 25.8 Å². The lowest BCUT2D eigenvalue weighted by Crippen LogP contribution is -2.28. The monoisotopic (exact) mass is 291 g/mol. The van der Waals surface area contributed by atoms with Crippen molar-refractivity contribution in [1.82, 2.24) is 4.90 Å². The first-order valence-corrected chi connectivity index (χ1v) is 6.16. The summed E-state index contributed by atoms with van der Waals surface area (Å²) >= 11 is 11.9. The Balaban J connectivity index is 2.93. The molecule has 18 heavy (non-hydrogen) atoms. The van der Waals surface area contributed by atoms with Gasteiger partial charge in [-0.15, -0.1) is 0 Å². The van der Waals surface area contributed by atoms with Crippen LogP contribution in [0.1, 0.15) is 16.8 Å². The van der Waals surface area contributed by atoms with Gasteiger partial charge >= 0.3 is 0 Å². The molecule has 0 saturated heterocycles. The lowest BCUT2D eigenvalue weighted by Gasteiger charge is -2.17. The van der Waals surface area contributed by atoms with Crippen molar-refractivity contribution in [1.29, 1.82) is 0 Å². The number of hydrogen-bond donors (Lipinski definition) is 1. The third-order valence-electron chi connectivity index (χ3n) is 2.45. The third kappa shape index (κ3) is 3.51. The zero-order valence-corrected chi connectivity index (χ0v) is 11.8. The average molecular weight is 292 g/mol. The van der Waals surface area contributed by atoms with E-state index in [1.807, 2.05) is 0 Å². The largest absolute Gasteiger partial charge is 0.494 e. The molecule has 1 N–H and O–H groups in total. The summed E-state index contributed by atoms with van der Waals surface area (Å²) in [6.45, 7) is 0.512. The van der Waals surface area contributed by atoms with Gasteiger partial charge in [-0.2, -0.15) is 0 Å². The lowest BCUT2D eigenvalue weighted by molar-refractivity contribution is 0.0786. The topological polar surface area (TPSA) is 49.8 Å². The molecule has 0 bridgehead atoms. The van der Waals surface area contributed by atoms with E-state index in [1.165, 1.54) is 24.1 Å². The number of methoxy groups -OCH3 is 1. The Hall–Kier alpha value is -0.970. The molecule has 0 atom stereocenters. The van der Waals surface area contributed by atoms with Crippen molar-refractivity contribution in [3.8, 4) is 5.75 Å². The van der Waals surface area contributed by atoms with Gasteiger partial charge in [-0.25, -0.2) is 0 Å². The van der Waals surface area contributed by atoms with Crippen LogP contribution in [-0.4, -0.2) is 43.2 Å². The Bertz CT molecular complexity index is 414. The summed E-state index contributed by atoms with van der Waals surface area (Å²) in [5.74, 6) is 0.155. The number of aliphatic hydroxyl groups excluding tert-OH is 1. The molecule has 6 heteroatoms. The van der Waals surface area contributed by atoms with Gasteiger partial charge in [0.25, 0.3) is 5.91 Å². The highest BCUT2D eigenvalue weighted by Gasteiger charge is 2.16. The summed E-state index contributed by atoms with van der Waals surface area (Å²) < 4.78 is 5.01. The molecular formula is C12H15Cl2NO3. The number of ether oxygens (including phenoxy) is 1. The molecule has 1 amide bonds. The second-order valence-corrected chi connectivity index (χ2v) is 4.59. The van der Waals surface area contributed by atoms with Crippen LogP contribution in [0.15, 0.2) is 12.1 Å². The van der Waals surface area contributed by atoms with Crippen molar-refractivity contribution in [3.63, 3.8) is 0 Å². The van der Waals surface area contributed by atoms with Crippen LogP contribution in [0, 0.1) is 0 Å². The molecule has 0 radical (unpaired) electrons. The summed E-state index contributed by atoms with van der Waals surface area (Å²) in [4.78, 5) is 13.5. The molecule has 0 aliphatic carbocycles. The minimum absolute atomic E-state index is 0.0434. The van der Waals surface area contributed by atoms with Crippen LogP contribution in [0.2, 0.25) is 10.0 Å². The fourth-order valence-electron chi connectivity index (χ4n) is 1.51. The zero-order chi connectivity index (χ0) is 13.7. The van der Waals surface area contributed by atoms with Crippen molar-refractivity contribution >= 4 is 29.1 Å². The third-order valence-corrected chi connectivity index (χ3v) is 3.01. The van der Waals surface area contributed by atoms with Gasteiger partial charge in [-0.1, -0.05) is 23.2 Å². The first kappa shape index (κ1) is 15.1. The minimum atomic E-state index is -0.199. The van der Waals surface area contributed by atoms with Gasteiger partial charge in [-0.3, -0.25) is 4.79 Å². The highest BCUT2D eigenvalue weighted by molar-refractivity contribution is 6.37. The molecule has 1 aromatic carbocycles. The first-order valence-electron chi connectivity index (χ1n) is 5.40.